The zero-order valence-corrected chi connectivity index (χ0v) is 12.5. The normalized spacial score (nSPS) is 18.2. The third kappa shape index (κ3) is 10.3. The predicted molar refractivity (Wildman–Crippen MR) is 77.6 cm³/mol. The molecule has 0 unspecified atom stereocenters. The fourth-order valence-corrected chi connectivity index (χ4v) is 2.46. The van der Waals surface area contributed by atoms with Gasteiger partial charge < -0.3 is 19.5 Å². The zero-order valence-electron chi connectivity index (χ0n) is 12.5. The molecule has 1 aliphatic carbocycles. The van der Waals surface area contributed by atoms with Gasteiger partial charge in [0.2, 0.25) is 0 Å². The minimum atomic E-state index is 0.653. The van der Waals surface area contributed by atoms with E-state index in [2.05, 4.69) is 5.32 Å². The number of hydrogen-bond donors (Lipinski definition) is 1. The van der Waals surface area contributed by atoms with E-state index in [4.69, 9.17) is 14.2 Å². The first-order valence-electron chi connectivity index (χ1n) is 7.81. The maximum Gasteiger partial charge on any atom is 0.0701 e. The molecule has 0 spiro atoms. The predicted octanol–water partition coefficient (Wildman–Crippen LogP) is 2.37. The number of methoxy groups -OCH3 is 1. The van der Waals surface area contributed by atoms with Gasteiger partial charge >= 0.3 is 0 Å². The van der Waals surface area contributed by atoms with Gasteiger partial charge in [-0.05, 0) is 12.8 Å². The number of ether oxygens (including phenoxy) is 3. The first-order valence-corrected chi connectivity index (χ1v) is 7.81. The average Bonchev–Trinajstić information content (AvgIpc) is 2.39. The zero-order chi connectivity index (χ0) is 13.6. The van der Waals surface area contributed by atoms with E-state index in [-0.39, 0.29) is 0 Å². The summed E-state index contributed by atoms with van der Waals surface area (Å²) >= 11 is 0. The minimum absolute atomic E-state index is 0.653. The van der Waals surface area contributed by atoms with E-state index in [1.807, 2.05) is 0 Å². The van der Waals surface area contributed by atoms with E-state index >= 15 is 0 Å². The van der Waals surface area contributed by atoms with Crippen molar-refractivity contribution >= 4 is 0 Å². The molecule has 1 fully saturated rings. The SMILES string of the molecule is COCCOCCOCCNC1CCCCCCC1. The van der Waals surface area contributed by atoms with Gasteiger partial charge in [0.15, 0.2) is 0 Å². The topological polar surface area (TPSA) is 39.7 Å². The Morgan fingerprint density at radius 2 is 1.37 bits per heavy atom. The van der Waals surface area contributed by atoms with Crippen molar-refractivity contribution in [2.45, 2.75) is 51.0 Å². The van der Waals surface area contributed by atoms with Crippen LogP contribution < -0.4 is 5.32 Å². The van der Waals surface area contributed by atoms with Crippen molar-refractivity contribution in [3.63, 3.8) is 0 Å². The van der Waals surface area contributed by atoms with Gasteiger partial charge in [-0.25, -0.2) is 0 Å². The molecule has 1 rings (SSSR count). The van der Waals surface area contributed by atoms with Gasteiger partial charge in [-0.2, -0.15) is 0 Å². The van der Waals surface area contributed by atoms with Crippen LogP contribution in [0.4, 0.5) is 0 Å². The second-order valence-electron chi connectivity index (χ2n) is 5.21. The Balaban J connectivity index is 1.84. The second kappa shape index (κ2) is 12.9. The molecule has 0 aromatic rings. The molecule has 1 aliphatic rings. The van der Waals surface area contributed by atoms with Crippen LogP contribution in [0, 0.1) is 0 Å². The van der Waals surface area contributed by atoms with Crippen LogP contribution in [-0.4, -0.2) is 52.7 Å². The highest BCUT2D eigenvalue weighted by Gasteiger charge is 2.09. The summed E-state index contributed by atoms with van der Waals surface area (Å²) < 4.78 is 15.8. The van der Waals surface area contributed by atoms with E-state index in [0.29, 0.717) is 32.5 Å². The van der Waals surface area contributed by atoms with Crippen molar-refractivity contribution in [1.29, 1.82) is 0 Å². The summed E-state index contributed by atoms with van der Waals surface area (Å²) in [6.07, 6.45) is 9.68. The molecule has 0 amide bonds. The smallest absolute Gasteiger partial charge is 0.0701 e. The van der Waals surface area contributed by atoms with Crippen LogP contribution in [0.2, 0.25) is 0 Å². The third-order valence-corrected chi connectivity index (χ3v) is 3.59. The number of rotatable bonds is 10. The molecular formula is C15H31NO3. The molecule has 4 nitrogen and oxygen atoms in total. The van der Waals surface area contributed by atoms with Crippen LogP contribution in [0.25, 0.3) is 0 Å². The Morgan fingerprint density at radius 3 is 2.05 bits per heavy atom. The Labute approximate surface area is 118 Å². The van der Waals surface area contributed by atoms with Crippen LogP contribution >= 0.6 is 0 Å². The Morgan fingerprint density at radius 1 is 0.789 bits per heavy atom. The highest BCUT2D eigenvalue weighted by molar-refractivity contribution is 4.69. The van der Waals surface area contributed by atoms with Crippen LogP contribution in [0.1, 0.15) is 44.9 Å². The summed E-state index contributed by atoms with van der Waals surface area (Å²) in [6, 6.07) is 0.710. The van der Waals surface area contributed by atoms with Gasteiger partial charge in [-0.15, -0.1) is 0 Å². The highest BCUT2D eigenvalue weighted by Crippen LogP contribution is 2.16. The Hall–Kier alpha value is -0.160. The van der Waals surface area contributed by atoms with E-state index in [9.17, 15) is 0 Å². The van der Waals surface area contributed by atoms with Gasteiger partial charge in [0.1, 0.15) is 0 Å². The van der Waals surface area contributed by atoms with Crippen LogP contribution in [-0.2, 0) is 14.2 Å². The van der Waals surface area contributed by atoms with Crippen molar-refractivity contribution in [2.75, 3.05) is 46.7 Å². The number of hydrogen-bond acceptors (Lipinski definition) is 4. The second-order valence-corrected chi connectivity index (χ2v) is 5.21. The molecule has 0 bridgehead atoms. The van der Waals surface area contributed by atoms with Gasteiger partial charge in [-0.1, -0.05) is 32.1 Å². The summed E-state index contributed by atoms with van der Waals surface area (Å²) in [5.74, 6) is 0. The van der Waals surface area contributed by atoms with Gasteiger partial charge in [0.25, 0.3) is 0 Å². The third-order valence-electron chi connectivity index (χ3n) is 3.59. The molecule has 0 radical (unpaired) electrons. The molecule has 0 saturated heterocycles. The molecule has 4 heteroatoms. The lowest BCUT2D eigenvalue weighted by molar-refractivity contribution is 0.0251. The molecule has 19 heavy (non-hydrogen) atoms. The van der Waals surface area contributed by atoms with Crippen LogP contribution in [0.15, 0.2) is 0 Å². The highest BCUT2D eigenvalue weighted by atomic mass is 16.5. The molecule has 1 saturated carbocycles. The quantitative estimate of drug-likeness (QED) is 0.620. The standard InChI is InChI=1S/C15H31NO3/c1-17-11-12-19-14-13-18-10-9-16-15-7-5-3-2-4-6-8-15/h15-16H,2-14H2,1H3. The Kier molecular flexibility index (Phi) is 11.4. The molecule has 0 heterocycles. The van der Waals surface area contributed by atoms with E-state index in [1.165, 1.54) is 44.9 Å². The lowest BCUT2D eigenvalue weighted by Crippen LogP contribution is -2.32. The fourth-order valence-electron chi connectivity index (χ4n) is 2.46. The average molecular weight is 273 g/mol. The molecule has 1 N–H and O–H groups in total. The summed E-state index contributed by atoms with van der Waals surface area (Å²) in [4.78, 5) is 0. The number of nitrogens with one attached hydrogen (secondary N) is 1. The molecule has 0 aromatic heterocycles. The lowest BCUT2D eigenvalue weighted by Gasteiger charge is -2.21. The van der Waals surface area contributed by atoms with Gasteiger partial charge in [0.05, 0.1) is 33.0 Å². The molecule has 0 aliphatic heterocycles. The summed E-state index contributed by atoms with van der Waals surface area (Å²) in [5, 5.41) is 3.61. The fraction of sp³-hybridized carbons (Fsp3) is 1.00. The monoisotopic (exact) mass is 273 g/mol. The molecule has 0 aromatic carbocycles. The first-order chi connectivity index (χ1) is 9.43. The molecule has 114 valence electrons. The summed E-state index contributed by atoms with van der Waals surface area (Å²) in [7, 11) is 1.68. The van der Waals surface area contributed by atoms with Gasteiger partial charge in [-0.3, -0.25) is 0 Å². The summed E-state index contributed by atoms with van der Waals surface area (Å²) in [5.41, 5.74) is 0. The van der Waals surface area contributed by atoms with Crippen molar-refractivity contribution < 1.29 is 14.2 Å². The summed E-state index contributed by atoms with van der Waals surface area (Å²) in [6.45, 7) is 4.39. The van der Waals surface area contributed by atoms with Crippen LogP contribution in [0.3, 0.4) is 0 Å². The van der Waals surface area contributed by atoms with Crippen LogP contribution in [0.5, 0.6) is 0 Å². The van der Waals surface area contributed by atoms with Crippen molar-refractivity contribution in [3.05, 3.63) is 0 Å². The van der Waals surface area contributed by atoms with E-state index < -0.39 is 0 Å². The molecular weight excluding hydrogens is 242 g/mol. The lowest BCUT2D eigenvalue weighted by atomic mass is 9.97. The first kappa shape index (κ1) is 16.9. The van der Waals surface area contributed by atoms with E-state index in [1.54, 1.807) is 7.11 Å². The van der Waals surface area contributed by atoms with E-state index in [0.717, 1.165) is 13.2 Å². The Bertz CT molecular complexity index is 182. The van der Waals surface area contributed by atoms with Crippen molar-refractivity contribution in [2.24, 2.45) is 0 Å². The largest absolute Gasteiger partial charge is 0.382 e. The minimum Gasteiger partial charge on any atom is -0.382 e. The van der Waals surface area contributed by atoms with Gasteiger partial charge in [0, 0.05) is 19.7 Å². The van der Waals surface area contributed by atoms with Crippen molar-refractivity contribution in [3.8, 4) is 0 Å². The maximum absolute atomic E-state index is 5.53. The van der Waals surface area contributed by atoms with Crippen molar-refractivity contribution in [1.82, 2.24) is 5.32 Å². The maximum atomic E-state index is 5.53. The molecule has 0 atom stereocenters.